The molecule has 26 heavy (non-hydrogen) atoms. The van der Waals surface area contributed by atoms with E-state index in [0.29, 0.717) is 5.56 Å². The number of anilines is 1. The number of hydrogen-bond donors (Lipinski definition) is 1. The summed E-state index contributed by atoms with van der Waals surface area (Å²) >= 11 is 0. The smallest absolute Gasteiger partial charge is 0.293 e. The molecule has 0 saturated carbocycles. The molecule has 0 unspecified atom stereocenters. The van der Waals surface area contributed by atoms with Crippen LogP contribution in [-0.2, 0) is 7.05 Å². The van der Waals surface area contributed by atoms with Crippen molar-refractivity contribution in [3.8, 4) is 11.5 Å². The molecule has 136 valence electrons. The molecule has 0 radical (unpaired) electrons. The number of nitrogens with one attached hydrogen (secondary N) is 1. The lowest BCUT2D eigenvalue weighted by Gasteiger charge is -2.08. The lowest BCUT2D eigenvalue weighted by Crippen LogP contribution is -2.11. The Morgan fingerprint density at radius 2 is 2.04 bits per heavy atom. The van der Waals surface area contributed by atoms with Crippen molar-refractivity contribution in [3.05, 3.63) is 47.9 Å². The summed E-state index contributed by atoms with van der Waals surface area (Å²) in [6.07, 6.45) is 1.42. The average Bonchev–Trinajstić information content (AvgIpc) is 3.21. The van der Waals surface area contributed by atoms with Crippen LogP contribution in [0.5, 0.6) is 0 Å². The molecule has 0 atom stereocenters. The van der Waals surface area contributed by atoms with Crippen molar-refractivity contribution in [1.82, 2.24) is 19.7 Å². The van der Waals surface area contributed by atoms with Gasteiger partial charge in [-0.1, -0.05) is 13.8 Å². The zero-order chi connectivity index (χ0) is 18.8. The molecular weight excluding hydrogens is 344 g/mol. The Morgan fingerprint density at radius 3 is 2.73 bits per heavy atom. The van der Waals surface area contributed by atoms with Gasteiger partial charge in [-0.05, 0) is 18.1 Å². The number of carbonyl (C=O) groups excluding carboxylic acids is 1. The van der Waals surface area contributed by atoms with Gasteiger partial charge in [0.05, 0.1) is 23.1 Å². The second-order valence-electron chi connectivity index (χ2n) is 5.98. The van der Waals surface area contributed by atoms with Gasteiger partial charge in [0.15, 0.2) is 5.69 Å². The molecule has 7 nitrogen and oxygen atoms in total. The summed E-state index contributed by atoms with van der Waals surface area (Å²) < 4.78 is 32.7. The number of aromatic nitrogens is 4. The molecule has 3 aromatic heterocycles. The summed E-state index contributed by atoms with van der Waals surface area (Å²) in [5, 5.41) is 6.02. The highest BCUT2D eigenvalue weighted by Crippen LogP contribution is 2.28. The quantitative estimate of drug-likeness (QED) is 0.747. The van der Waals surface area contributed by atoms with Crippen LogP contribution in [0.4, 0.5) is 14.5 Å². The van der Waals surface area contributed by atoms with Gasteiger partial charge < -0.3 is 9.73 Å². The number of hydrogen-bond acceptors (Lipinski definition) is 5. The maximum absolute atomic E-state index is 13.0. The number of amides is 1. The molecule has 1 N–H and O–H groups in total. The molecule has 3 rings (SSSR count). The molecule has 0 spiro atoms. The van der Waals surface area contributed by atoms with Gasteiger partial charge in [-0.3, -0.25) is 14.5 Å². The van der Waals surface area contributed by atoms with E-state index in [1.807, 2.05) is 13.8 Å². The first-order valence-electron chi connectivity index (χ1n) is 7.91. The van der Waals surface area contributed by atoms with E-state index >= 15 is 0 Å². The fourth-order valence-electron chi connectivity index (χ4n) is 2.51. The largest absolute Gasteiger partial charge is 0.431 e. The molecule has 0 aliphatic carbocycles. The molecule has 0 aliphatic rings. The van der Waals surface area contributed by atoms with Crippen molar-refractivity contribution in [2.45, 2.75) is 26.2 Å². The maximum Gasteiger partial charge on any atom is 0.293 e. The third-order valence-corrected chi connectivity index (χ3v) is 3.66. The maximum atomic E-state index is 13.0. The number of oxazole rings is 1. The van der Waals surface area contributed by atoms with Crippen LogP contribution in [0, 0.1) is 0 Å². The Hall–Kier alpha value is -3.10. The van der Waals surface area contributed by atoms with Crippen LogP contribution in [-0.4, -0.2) is 25.7 Å². The lowest BCUT2D eigenvalue weighted by molar-refractivity contribution is 0.0996. The second kappa shape index (κ2) is 7.03. The van der Waals surface area contributed by atoms with Gasteiger partial charge in [-0.25, -0.2) is 13.8 Å². The van der Waals surface area contributed by atoms with Crippen molar-refractivity contribution in [3.63, 3.8) is 0 Å². The SMILES string of the molecule is CC(C)c1ncccc1-c1ncc(C(=O)Nc2cn(C)nc2C(F)F)o1. The minimum atomic E-state index is -2.80. The van der Waals surface area contributed by atoms with E-state index in [2.05, 4.69) is 20.4 Å². The van der Waals surface area contributed by atoms with Crippen LogP contribution in [0.25, 0.3) is 11.5 Å². The monoisotopic (exact) mass is 361 g/mol. The van der Waals surface area contributed by atoms with Crippen LogP contribution in [0.1, 0.15) is 48.1 Å². The Morgan fingerprint density at radius 1 is 1.27 bits per heavy atom. The van der Waals surface area contributed by atoms with Gasteiger partial charge in [-0.15, -0.1) is 0 Å². The summed E-state index contributed by atoms with van der Waals surface area (Å²) in [5.74, 6) is -0.400. The molecule has 1 amide bonds. The van der Waals surface area contributed by atoms with Gasteiger partial charge in [-0.2, -0.15) is 5.10 Å². The topological polar surface area (TPSA) is 85.8 Å². The van der Waals surface area contributed by atoms with Crippen LogP contribution in [0.3, 0.4) is 0 Å². The van der Waals surface area contributed by atoms with E-state index in [4.69, 9.17) is 4.42 Å². The molecular formula is C17H17F2N5O2. The number of rotatable bonds is 5. The van der Waals surface area contributed by atoms with Crippen molar-refractivity contribution < 1.29 is 18.0 Å². The van der Waals surface area contributed by atoms with E-state index in [-0.39, 0.29) is 23.3 Å². The van der Waals surface area contributed by atoms with Crippen LogP contribution in [0.2, 0.25) is 0 Å². The minimum Gasteiger partial charge on any atom is -0.431 e. The number of pyridine rings is 1. The van der Waals surface area contributed by atoms with Crippen molar-refractivity contribution >= 4 is 11.6 Å². The molecule has 0 bridgehead atoms. The minimum absolute atomic E-state index is 0.0744. The Bertz CT molecular complexity index is 933. The molecule has 9 heteroatoms. The molecule has 3 heterocycles. The first-order valence-corrected chi connectivity index (χ1v) is 7.91. The van der Waals surface area contributed by atoms with Gasteiger partial charge >= 0.3 is 0 Å². The fraction of sp³-hybridized carbons (Fsp3) is 0.294. The average molecular weight is 361 g/mol. The third-order valence-electron chi connectivity index (χ3n) is 3.66. The highest BCUT2D eigenvalue weighted by atomic mass is 19.3. The van der Waals surface area contributed by atoms with Crippen molar-refractivity contribution in [2.75, 3.05) is 5.32 Å². The normalized spacial score (nSPS) is 11.3. The first kappa shape index (κ1) is 17.7. The lowest BCUT2D eigenvalue weighted by atomic mass is 10.0. The van der Waals surface area contributed by atoms with Gasteiger partial charge in [0.2, 0.25) is 11.7 Å². The van der Waals surface area contributed by atoms with Gasteiger partial charge in [0.25, 0.3) is 12.3 Å². The van der Waals surface area contributed by atoms with Crippen LogP contribution in [0.15, 0.2) is 35.1 Å². The Kier molecular flexibility index (Phi) is 4.79. The fourth-order valence-corrected chi connectivity index (χ4v) is 2.51. The highest BCUT2D eigenvalue weighted by Gasteiger charge is 2.22. The number of carbonyl (C=O) groups is 1. The highest BCUT2D eigenvalue weighted by molar-refractivity contribution is 6.02. The number of aryl methyl sites for hydroxylation is 1. The van der Waals surface area contributed by atoms with Crippen molar-refractivity contribution in [2.24, 2.45) is 7.05 Å². The third kappa shape index (κ3) is 3.46. The van der Waals surface area contributed by atoms with Gasteiger partial charge in [0, 0.05) is 19.4 Å². The first-order chi connectivity index (χ1) is 12.4. The van der Waals surface area contributed by atoms with Gasteiger partial charge in [0.1, 0.15) is 0 Å². The summed E-state index contributed by atoms with van der Waals surface area (Å²) in [4.78, 5) is 20.8. The van der Waals surface area contributed by atoms with Crippen molar-refractivity contribution in [1.29, 1.82) is 0 Å². The molecule has 0 aromatic carbocycles. The number of halogens is 2. The van der Waals surface area contributed by atoms with E-state index in [0.717, 1.165) is 5.69 Å². The Labute approximate surface area is 148 Å². The molecule has 0 saturated heterocycles. The number of nitrogens with zero attached hydrogens (tertiary/aromatic N) is 4. The van der Waals surface area contributed by atoms with E-state index in [1.54, 1.807) is 18.3 Å². The van der Waals surface area contributed by atoms with Crippen LogP contribution >= 0.6 is 0 Å². The second-order valence-corrected chi connectivity index (χ2v) is 5.98. The summed E-state index contributed by atoms with van der Waals surface area (Å²) in [6, 6.07) is 3.54. The summed E-state index contributed by atoms with van der Waals surface area (Å²) in [6.45, 7) is 3.97. The number of alkyl halides is 2. The summed E-state index contributed by atoms with van der Waals surface area (Å²) in [7, 11) is 1.49. The molecule has 0 fully saturated rings. The van der Waals surface area contributed by atoms with Crippen LogP contribution < -0.4 is 5.32 Å². The zero-order valence-electron chi connectivity index (χ0n) is 14.4. The Balaban J connectivity index is 1.86. The molecule has 0 aliphatic heterocycles. The summed E-state index contributed by atoms with van der Waals surface area (Å²) in [5.41, 5.74) is 0.884. The standard InChI is InChI=1S/C17H17F2N5O2/c1-9(2)13-10(5-4-6-20-13)17-21-7-12(26-17)16(25)22-11-8-24(3)23-14(11)15(18)19/h4-9,15H,1-3H3,(H,22,25). The zero-order valence-corrected chi connectivity index (χ0v) is 14.4. The predicted molar refractivity (Wildman–Crippen MR) is 89.9 cm³/mol. The van der Waals surface area contributed by atoms with E-state index in [9.17, 15) is 13.6 Å². The van der Waals surface area contributed by atoms with E-state index < -0.39 is 18.0 Å². The molecule has 3 aromatic rings. The predicted octanol–water partition coefficient (Wildman–Crippen LogP) is 3.78. The van der Waals surface area contributed by atoms with E-state index in [1.165, 1.54) is 24.1 Å².